The van der Waals surface area contributed by atoms with Crippen LogP contribution in [0.15, 0.2) is 102 Å². The lowest BCUT2D eigenvalue weighted by Gasteiger charge is -2.36. The molecule has 10 heteroatoms. The Kier molecular flexibility index (Phi) is 11.4. The second kappa shape index (κ2) is 15.9. The third kappa shape index (κ3) is 9.08. The molecule has 1 aliphatic rings. The van der Waals surface area contributed by atoms with Gasteiger partial charge in [0.15, 0.2) is 12.4 Å². The highest BCUT2D eigenvalue weighted by Crippen LogP contribution is 2.40. The maximum absolute atomic E-state index is 12.3. The van der Waals surface area contributed by atoms with Crippen molar-refractivity contribution >= 4 is 29.6 Å². The van der Waals surface area contributed by atoms with Gasteiger partial charge in [0.2, 0.25) is 0 Å². The first kappa shape index (κ1) is 33.9. The number of aliphatic hydroxyl groups is 1. The number of aliphatic hydroxyl groups excluding tert-OH is 1. The predicted octanol–water partition coefficient (Wildman–Crippen LogP) is 6.45. The number of aromatic carboxylic acids is 1. The van der Waals surface area contributed by atoms with E-state index >= 15 is 0 Å². The minimum absolute atomic E-state index is 0.0427. The number of carboxylic acids is 1. The van der Waals surface area contributed by atoms with Crippen LogP contribution in [0, 0.1) is 0 Å². The van der Waals surface area contributed by atoms with E-state index in [1.165, 1.54) is 25.6 Å². The second-order valence-electron chi connectivity index (χ2n) is 11.3. The first-order chi connectivity index (χ1) is 22.7. The second-order valence-corrected chi connectivity index (χ2v) is 12.3. The molecule has 0 aliphatic carbocycles. The highest BCUT2D eigenvalue weighted by atomic mass is 32.2. The van der Waals surface area contributed by atoms with Crippen LogP contribution < -0.4 is 5.32 Å². The predicted molar refractivity (Wildman–Crippen MR) is 177 cm³/mol. The van der Waals surface area contributed by atoms with Gasteiger partial charge in [-0.1, -0.05) is 78.9 Å². The van der Waals surface area contributed by atoms with E-state index in [1.807, 2.05) is 78.9 Å². The van der Waals surface area contributed by atoms with Gasteiger partial charge in [-0.05, 0) is 52.9 Å². The zero-order valence-corrected chi connectivity index (χ0v) is 26.9. The SMILES string of the molecule is CC(=O)O[C@@H](C)C(=O)NCc1cccc(-c2ccc([C@H]3O[C@@H](CSc4ccccc4C(=O)O)C[C@@H](c4ccc(CO)cc4)O3)cc2)c1. The maximum Gasteiger partial charge on any atom is 0.336 e. The molecule has 0 bridgehead atoms. The van der Waals surface area contributed by atoms with Crippen molar-refractivity contribution < 1.29 is 38.8 Å². The van der Waals surface area contributed by atoms with Gasteiger partial charge in [-0.3, -0.25) is 9.59 Å². The van der Waals surface area contributed by atoms with Gasteiger partial charge in [-0.15, -0.1) is 11.8 Å². The van der Waals surface area contributed by atoms with Gasteiger partial charge in [-0.2, -0.15) is 0 Å². The summed E-state index contributed by atoms with van der Waals surface area (Å²) >= 11 is 1.45. The van der Waals surface area contributed by atoms with Crippen LogP contribution in [0.2, 0.25) is 0 Å². The fraction of sp³-hybridized carbons (Fsp3) is 0.270. The van der Waals surface area contributed by atoms with Crippen molar-refractivity contribution in [1.29, 1.82) is 0 Å². The van der Waals surface area contributed by atoms with Crippen molar-refractivity contribution in [1.82, 2.24) is 5.32 Å². The number of ether oxygens (including phenoxy) is 3. The molecule has 4 aromatic carbocycles. The minimum atomic E-state index is -0.968. The Morgan fingerprint density at radius 3 is 2.32 bits per heavy atom. The molecule has 0 unspecified atom stereocenters. The van der Waals surface area contributed by atoms with Gasteiger partial charge in [-0.25, -0.2) is 4.79 Å². The standard InChI is InChI=1S/C37H37NO8S/c1-23(44-24(2)40)35(41)38-20-26-6-5-7-30(18-26)27-14-16-29(17-15-27)37-45-31(22-47-34-9-4-3-8-32(34)36(42)43)19-33(46-37)28-12-10-25(21-39)11-13-28/h3-18,23,31,33,37,39H,19-22H2,1-2H3,(H,38,41)(H,42,43)/t23-,31+,33-,37-/m0/s1. The first-order valence-corrected chi connectivity index (χ1v) is 16.3. The summed E-state index contributed by atoms with van der Waals surface area (Å²) in [6, 6.07) is 30.4. The van der Waals surface area contributed by atoms with Crippen molar-refractivity contribution in [3.63, 3.8) is 0 Å². The topological polar surface area (TPSA) is 131 Å². The monoisotopic (exact) mass is 655 g/mol. The van der Waals surface area contributed by atoms with E-state index in [-0.39, 0.29) is 36.8 Å². The van der Waals surface area contributed by atoms with Crippen LogP contribution in [0.25, 0.3) is 11.1 Å². The molecule has 0 spiro atoms. The molecule has 0 saturated carbocycles. The fourth-order valence-electron chi connectivity index (χ4n) is 5.30. The zero-order chi connectivity index (χ0) is 33.3. The van der Waals surface area contributed by atoms with Gasteiger partial charge in [0.25, 0.3) is 5.91 Å². The smallest absolute Gasteiger partial charge is 0.336 e. The Labute approximate surface area is 277 Å². The number of hydrogen-bond acceptors (Lipinski definition) is 8. The van der Waals surface area contributed by atoms with E-state index in [0.29, 0.717) is 17.1 Å². The van der Waals surface area contributed by atoms with Crippen LogP contribution in [-0.2, 0) is 37.0 Å². The average molecular weight is 656 g/mol. The van der Waals surface area contributed by atoms with Gasteiger partial charge >= 0.3 is 11.9 Å². The molecule has 47 heavy (non-hydrogen) atoms. The van der Waals surface area contributed by atoms with Crippen LogP contribution >= 0.6 is 11.8 Å². The number of thioether (sulfide) groups is 1. The number of rotatable bonds is 12. The van der Waals surface area contributed by atoms with Crippen LogP contribution in [0.4, 0.5) is 0 Å². The number of hydrogen-bond donors (Lipinski definition) is 3. The summed E-state index contributed by atoms with van der Waals surface area (Å²) in [4.78, 5) is 35.8. The molecule has 1 fully saturated rings. The number of esters is 1. The third-order valence-electron chi connectivity index (χ3n) is 7.78. The van der Waals surface area contributed by atoms with Crippen LogP contribution in [-0.4, -0.2) is 46.0 Å². The Morgan fingerprint density at radius 2 is 1.62 bits per heavy atom. The lowest BCUT2D eigenvalue weighted by Crippen LogP contribution is -2.35. The van der Waals surface area contributed by atoms with E-state index in [9.17, 15) is 24.6 Å². The van der Waals surface area contributed by atoms with E-state index < -0.39 is 24.3 Å². The summed E-state index contributed by atoms with van der Waals surface area (Å²) in [6.07, 6.45) is -1.43. The summed E-state index contributed by atoms with van der Waals surface area (Å²) in [5.74, 6) is -1.31. The molecule has 1 heterocycles. The summed E-state index contributed by atoms with van der Waals surface area (Å²) in [5, 5.41) is 21.9. The van der Waals surface area contributed by atoms with Crippen LogP contribution in [0.3, 0.4) is 0 Å². The highest BCUT2D eigenvalue weighted by Gasteiger charge is 2.32. The molecule has 0 aromatic heterocycles. The van der Waals surface area contributed by atoms with Crippen molar-refractivity contribution in [2.75, 3.05) is 5.75 Å². The maximum atomic E-state index is 12.3. The number of nitrogens with one attached hydrogen (secondary N) is 1. The molecule has 1 saturated heterocycles. The lowest BCUT2D eigenvalue weighted by atomic mass is 9.99. The molecule has 5 rings (SSSR count). The molecule has 0 radical (unpaired) electrons. The van der Waals surface area contributed by atoms with Gasteiger partial charge in [0, 0.05) is 36.1 Å². The quantitative estimate of drug-likeness (QED) is 0.116. The molecule has 1 aliphatic heterocycles. The number of amides is 1. The van der Waals surface area contributed by atoms with Crippen LogP contribution in [0.5, 0.6) is 0 Å². The van der Waals surface area contributed by atoms with Gasteiger partial charge < -0.3 is 29.7 Å². The number of carbonyl (C=O) groups excluding carboxylic acids is 2. The molecule has 1 amide bonds. The molecular formula is C37H37NO8S. The minimum Gasteiger partial charge on any atom is -0.478 e. The van der Waals surface area contributed by atoms with E-state index in [0.717, 1.165) is 33.4 Å². The van der Waals surface area contributed by atoms with Crippen molar-refractivity contribution in [2.24, 2.45) is 0 Å². The number of carboxylic acid groups (broad SMARTS) is 1. The molecule has 244 valence electrons. The summed E-state index contributed by atoms with van der Waals surface area (Å²) < 4.78 is 17.9. The number of benzene rings is 4. The Morgan fingerprint density at radius 1 is 0.894 bits per heavy atom. The lowest BCUT2D eigenvalue weighted by molar-refractivity contribution is -0.245. The molecule has 9 nitrogen and oxygen atoms in total. The van der Waals surface area contributed by atoms with E-state index in [2.05, 4.69) is 5.32 Å². The first-order valence-electron chi connectivity index (χ1n) is 15.3. The Hall–Kier alpha value is -4.48. The van der Waals surface area contributed by atoms with Gasteiger partial charge in [0.05, 0.1) is 24.4 Å². The van der Waals surface area contributed by atoms with Crippen molar-refractivity contribution in [3.8, 4) is 11.1 Å². The summed E-state index contributed by atoms with van der Waals surface area (Å²) in [6.45, 7) is 3.04. The summed E-state index contributed by atoms with van der Waals surface area (Å²) in [5.41, 5.74) is 5.72. The van der Waals surface area contributed by atoms with Crippen LogP contribution in [0.1, 0.15) is 65.3 Å². The molecule has 4 aromatic rings. The molecule has 3 N–H and O–H groups in total. The fourth-order valence-corrected chi connectivity index (χ4v) is 6.37. The van der Waals surface area contributed by atoms with E-state index in [4.69, 9.17) is 14.2 Å². The highest BCUT2D eigenvalue weighted by molar-refractivity contribution is 7.99. The normalized spacial score (nSPS) is 18.2. The average Bonchev–Trinajstić information content (AvgIpc) is 3.09. The molecule has 4 atom stereocenters. The Balaban J connectivity index is 1.30. The van der Waals surface area contributed by atoms with Crippen molar-refractivity contribution in [3.05, 3.63) is 125 Å². The third-order valence-corrected chi connectivity index (χ3v) is 8.98. The Bertz CT molecular complexity index is 1690. The van der Waals surface area contributed by atoms with E-state index in [1.54, 1.807) is 18.2 Å². The zero-order valence-electron chi connectivity index (χ0n) is 26.1. The van der Waals surface area contributed by atoms with Gasteiger partial charge in [0.1, 0.15) is 0 Å². The molecular weight excluding hydrogens is 618 g/mol. The summed E-state index contributed by atoms with van der Waals surface area (Å²) in [7, 11) is 0. The van der Waals surface area contributed by atoms with Crippen molar-refractivity contribution in [2.45, 2.75) is 62.9 Å². The largest absolute Gasteiger partial charge is 0.478 e. The number of carbonyl (C=O) groups is 3.